The summed E-state index contributed by atoms with van der Waals surface area (Å²) in [6.07, 6.45) is 1.38. The summed E-state index contributed by atoms with van der Waals surface area (Å²) in [4.78, 5) is 27.9. The molecule has 2 aliphatic heterocycles. The summed E-state index contributed by atoms with van der Waals surface area (Å²) in [5, 5.41) is 0. The Morgan fingerprint density at radius 2 is 1.85 bits per heavy atom. The van der Waals surface area contributed by atoms with Crippen LogP contribution in [0, 0.1) is 0 Å². The molecular formula is C14H24N2O4. The molecule has 0 aromatic carbocycles. The van der Waals surface area contributed by atoms with Gasteiger partial charge in [0.25, 0.3) is 0 Å². The molecule has 0 spiro atoms. The zero-order valence-corrected chi connectivity index (χ0v) is 12.7. The summed E-state index contributed by atoms with van der Waals surface area (Å²) in [5.41, 5.74) is -0.563. The first-order chi connectivity index (χ1) is 9.31. The van der Waals surface area contributed by atoms with Crippen LogP contribution >= 0.6 is 0 Å². The number of likely N-dealkylation sites (tertiary alicyclic amines) is 2. The van der Waals surface area contributed by atoms with Gasteiger partial charge in [0.05, 0.1) is 7.11 Å². The minimum Gasteiger partial charge on any atom is -0.467 e. The maximum atomic E-state index is 12.2. The maximum Gasteiger partial charge on any atom is 0.411 e. The van der Waals surface area contributed by atoms with Gasteiger partial charge < -0.3 is 9.47 Å². The number of hydrogen-bond acceptors (Lipinski definition) is 5. The van der Waals surface area contributed by atoms with Crippen molar-refractivity contribution in [3.05, 3.63) is 0 Å². The highest BCUT2D eigenvalue weighted by atomic mass is 16.6. The van der Waals surface area contributed by atoms with Crippen molar-refractivity contribution in [3.63, 3.8) is 0 Å². The smallest absolute Gasteiger partial charge is 0.411 e. The van der Waals surface area contributed by atoms with Crippen LogP contribution in [0.15, 0.2) is 0 Å². The van der Waals surface area contributed by atoms with Gasteiger partial charge in [-0.2, -0.15) is 0 Å². The summed E-state index contributed by atoms with van der Waals surface area (Å²) in [6, 6.07) is -0.291. The van der Waals surface area contributed by atoms with Gasteiger partial charge in [0.2, 0.25) is 0 Å². The number of rotatable bonds is 2. The first-order valence-electron chi connectivity index (χ1n) is 7.13. The Kier molecular flexibility index (Phi) is 4.22. The van der Waals surface area contributed by atoms with E-state index >= 15 is 0 Å². The molecule has 0 aromatic heterocycles. The first kappa shape index (κ1) is 15.1. The Balaban J connectivity index is 2.06. The predicted molar refractivity (Wildman–Crippen MR) is 73.3 cm³/mol. The predicted octanol–water partition coefficient (Wildman–Crippen LogP) is 1.24. The Hall–Kier alpha value is -1.30. The van der Waals surface area contributed by atoms with Gasteiger partial charge in [-0.1, -0.05) is 0 Å². The fourth-order valence-electron chi connectivity index (χ4n) is 2.67. The van der Waals surface area contributed by atoms with E-state index in [1.807, 2.05) is 20.8 Å². The van der Waals surface area contributed by atoms with E-state index in [1.54, 1.807) is 0 Å². The lowest BCUT2D eigenvalue weighted by atomic mass is 10.1. The van der Waals surface area contributed by atoms with Crippen LogP contribution in [0.4, 0.5) is 4.79 Å². The second-order valence-electron chi connectivity index (χ2n) is 6.45. The van der Waals surface area contributed by atoms with Crippen molar-refractivity contribution in [1.82, 2.24) is 9.80 Å². The summed E-state index contributed by atoms with van der Waals surface area (Å²) >= 11 is 0. The standard InChI is InChI=1S/C14H24N2O4/c1-14(2,3)20-13(18)16-9-10(15-6-5-7-15)8-11(16)12(17)19-4/h10-11H,5-9H2,1-4H3/t10-,11-/m0/s1. The lowest BCUT2D eigenvalue weighted by Gasteiger charge is -2.36. The third kappa shape index (κ3) is 3.23. The summed E-state index contributed by atoms with van der Waals surface area (Å²) in [7, 11) is 1.35. The number of amides is 1. The van der Waals surface area contributed by atoms with Gasteiger partial charge in [0, 0.05) is 12.6 Å². The van der Waals surface area contributed by atoms with E-state index in [0.29, 0.717) is 13.0 Å². The zero-order valence-electron chi connectivity index (χ0n) is 12.7. The molecule has 0 saturated carbocycles. The molecule has 2 aliphatic rings. The van der Waals surface area contributed by atoms with Gasteiger partial charge in [-0.3, -0.25) is 9.80 Å². The second-order valence-corrected chi connectivity index (χ2v) is 6.45. The molecule has 6 heteroatoms. The Morgan fingerprint density at radius 3 is 2.30 bits per heavy atom. The quantitative estimate of drug-likeness (QED) is 0.714. The fraction of sp³-hybridized carbons (Fsp3) is 0.857. The van der Waals surface area contributed by atoms with Crippen LogP contribution in [0.25, 0.3) is 0 Å². The number of ether oxygens (including phenoxy) is 2. The normalized spacial score (nSPS) is 27.1. The van der Waals surface area contributed by atoms with Crippen molar-refractivity contribution in [2.75, 3.05) is 26.7 Å². The van der Waals surface area contributed by atoms with Crippen molar-refractivity contribution < 1.29 is 19.1 Å². The third-order valence-electron chi connectivity index (χ3n) is 3.79. The van der Waals surface area contributed by atoms with Crippen molar-refractivity contribution in [2.45, 2.75) is 51.3 Å². The highest BCUT2D eigenvalue weighted by Crippen LogP contribution is 2.27. The highest BCUT2D eigenvalue weighted by molar-refractivity contribution is 5.82. The number of carbonyl (C=O) groups is 2. The van der Waals surface area contributed by atoms with Gasteiger partial charge in [-0.05, 0) is 46.7 Å². The molecule has 0 unspecified atom stereocenters. The molecule has 114 valence electrons. The van der Waals surface area contributed by atoms with Crippen molar-refractivity contribution in [2.24, 2.45) is 0 Å². The highest BCUT2D eigenvalue weighted by Gasteiger charge is 2.44. The average molecular weight is 284 g/mol. The lowest BCUT2D eigenvalue weighted by Crippen LogP contribution is -2.47. The molecular weight excluding hydrogens is 260 g/mol. The van der Waals surface area contributed by atoms with Crippen molar-refractivity contribution >= 4 is 12.1 Å². The Bertz CT molecular complexity index is 387. The van der Waals surface area contributed by atoms with Gasteiger partial charge in [0.15, 0.2) is 0 Å². The molecule has 1 amide bonds. The maximum absolute atomic E-state index is 12.2. The van der Waals surface area contributed by atoms with Gasteiger partial charge in [-0.15, -0.1) is 0 Å². The number of carbonyl (C=O) groups excluding carboxylic acids is 2. The molecule has 2 atom stereocenters. The van der Waals surface area contributed by atoms with E-state index in [9.17, 15) is 9.59 Å². The van der Waals surface area contributed by atoms with Crippen molar-refractivity contribution in [3.8, 4) is 0 Å². The van der Waals surface area contributed by atoms with Gasteiger partial charge >= 0.3 is 12.1 Å². The molecule has 0 N–H and O–H groups in total. The molecule has 0 bridgehead atoms. The topological polar surface area (TPSA) is 59.1 Å². The molecule has 2 heterocycles. The van der Waals surface area contributed by atoms with E-state index in [4.69, 9.17) is 9.47 Å². The van der Waals surface area contributed by atoms with E-state index in [0.717, 1.165) is 13.1 Å². The van der Waals surface area contributed by atoms with E-state index < -0.39 is 17.7 Å². The molecule has 2 saturated heterocycles. The number of nitrogens with zero attached hydrogens (tertiary/aromatic N) is 2. The monoisotopic (exact) mass is 284 g/mol. The molecule has 0 radical (unpaired) electrons. The zero-order chi connectivity index (χ0) is 14.9. The number of methoxy groups -OCH3 is 1. The molecule has 0 aliphatic carbocycles. The minimum absolute atomic E-state index is 0.236. The molecule has 2 rings (SSSR count). The minimum atomic E-state index is -0.563. The van der Waals surface area contributed by atoms with Crippen molar-refractivity contribution in [1.29, 1.82) is 0 Å². The summed E-state index contributed by atoms with van der Waals surface area (Å²) in [5.74, 6) is -0.362. The number of hydrogen-bond donors (Lipinski definition) is 0. The molecule has 0 aromatic rings. The van der Waals surface area contributed by atoms with Crippen LogP contribution in [-0.2, 0) is 14.3 Å². The van der Waals surface area contributed by atoms with Crippen LogP contribution in [0.5, 0.6) is 0 Å². The van der Waals surface area contributed by atoms with Crippen LogP contribution in [0.1, 0.15) is 33.6 Å². The Morgan fingerprint density at radius 1 is 1.20 bits per heavy atom. The van der Waals surface area contributed by atoms with E-state index in [2.05, 4.69) is 4.90 Å². The number of esters is 1. The van der Waals surface area contributed by atoms with Gasteiger partial charge in [0.1, 0.15) is 11.6 Å². The van der Waals surface area contributed by atoms with Crippen LogP contribution in [0.2, 0.25) is 0 Å². The van der Waals surface area contributed by atoms with Crippen LogP contribution in [-0.4, -0.2) is 66.3 Å². The molecule has 6 nitrogen and oxygen atoms in total. The molecule has 2 fully saturated rings. The Labute approximate surface area is 120 Å². The third-order valence-corrected chi connectivity index (χ3v) is 3.79. The largest absolute Gasteiger partial charge is 0.467 e. The average Bonchev–Trinajstić information content (AvgIpc) is 2.68. The molecule has 20 heavy (non-hydrogen) atoms. The summed E-state index contributed by atoms with van der Waals surface area (Å²) in [6.45, 7) is 8.08. The van der Waals surface area contributed by atoms with Crippen LogP contribution < -0.4 is 0 Å². The summed E-state index contributed by atoms with van der Waals surface area (Å²) < 4.78 is 10.2. The SMILES string of the molecule is COC(=O)[C@@H]1C[C@H](N2CCC2)CN1C(=O)OC(C)(C)C. The van der Waals surface area contributed by atoms with Crippen LogP contribution in [0.3, 0.4) is 0 Å². The van der Waals surface area contributed by atoms with E-state index in [1.165, 1.54) is 18.4 Å². The lowest BCUT2D eigenvalue weighted by molar-refractivity contribution is -0.145. The van der Waals surface area contributed by atoms with E-state index in [-0.39, 0.29) is 12.0 Å². The van der Waals surface area contributed by atoms with Gasteiger partial charge in [-0.25, -0.2) is 9.59 Å². The fourth-order valence-corrected chi connectivity index (χ4v) is 2.67. The second kappa shape index (κ2) is 5.60. The first-order valence-corrected chi connectivity index (χ1v) is 7.13.